The molecule has 34 heavy (non-hydrogen) atoms. The predicted molar refractivity (Wildman–Crippen MR) is 126 cm³/mol. The van der Waals surface area contributed by atoms with Crippen LogP contribution in [0.2, 0.25) is 0 Å². The Morgan fingerprint density at radius 2 is 1.91 bits per heavy atom. The SMILES string of the molecule is CCc1cc(C(=O)C2CCCCC[C@H]2C)nc2cc(-c3ccc([C@@H]4C[C@H]4C(=O)O)cc3F)nn12. The molecule has 2 aromatic heterocycles. The van der Waals surface area contributed by atoms with E-state index in [9.17, 15) is 9.59 Å². The average molecular weight is 464 g/mol. The maximum Gasteiger partial charge on any atom is 0.307 e. The summed E-state index contributed by atoms with van der Waals surface area (Å²) < 4.78 is 16.7. The number of aryl methyl sites for hydroxylation is 1. The Labute approximate surface area is 198 Å². The summed E-state index contributed by atoms with van der Waals surface area (Å²) >= 11 is 0. The standard InChI is InChI=1S/C27H30FN3O3/c1-3-17-12-24(26(32)18-8-6-4-5-7-15(18)2)29-25-14-23(30-31(17)25)19-10-9-16(11-22(19)28)20-13-21(20)27(33)34/h9-12,14-15,18,20-21H,3-8,13H2,1-2H3,(H,33,34)/t15-,18?,20+,21-/m1/s1. The summed E-state index contributed by atoms with van der Waals surface area (Å²) in [5.74, 6) is -1.39. The molecule has 0 aliphatic heterocycles. The van der Waals surface area contributed by atoms with Crippen molar-refractivity contribution in [3.63, 3.8) is 0 Å². The Balaban J connectivity index is 1.47. The summed E-state index contributed by atoms with van der Waals surface area (Å²) in [4.78, 5) is 29.2. The van der Waals surface area contributed by atoms with Crippen LogP contribution < -0.4 is 0 Å². The zero-order valence-electron chi connectivity index (χ0n) is 19.6. The Morgan fingerprint density at radius 3 is 2.62 bits per heavy atom. The molecule has 1 aromatic carbocycles. The van der Waals surface area contributed by atoms with Gasteiger partial charge in [-0.3, -0.25) is 9.59 Å². The van der Waals surface area contributed by atoms with Crippen LogP contribution in [-0.4, -0.2) is 31.5 Å². The topological polar surface area (TPSA) is 84.6 Å². The summed E-state index contributed by atoms with van der Waals surface area (Å²) in [7, 11) is 0. The van der Waals surface area contributed by atoms with Gasteiger partial charge < -0.3 is 5.11 Å². The maximum absolute atomic E-state index is 15.0. The number of nitrogens with zero attached hydrogens (tertiary/aromatic N) is 3. The lowest BCUT2D eigenvalue weighted by atomic mass is 9.84. The van der Waals surface area contributed by atoms with Crippen LogP contribution in [0.15, 0.2) is 30.3 Å². The molecule has 2 heterocycles. The molecule has 3 aromatic rings. The van der Waals surface area contributed by atoms with Gasteiger partial charge in [-0.2, -0.15) is 5.10 Å². The number of benzene rings is 1. The molecular formula is C27H30FN3O3. The Kier molecular flexibility index (Phi) is 5.96. The molecule has 178 valence electrons. The Morgan fingerprint density at radius 1 is 1.12 bits per heavy atom. The third kappa shape index (κ3) is 4.12. The van der Waals surface area contributed by atoms with Gasteiger partial charge in [-0.25, -0.2) is 13.9 Å². The number of rotatable bonds is 6. The van der Waals surface area contributed by atoms with Gasteiger partial charge in [0, 0.05) is 23.2 Å². The second-order valence-corrected chi connectivity index (χ2v) is 9.90. The van der Waals surface area contributed by atoms with Crippen molar-refractivity contribution >= 4 is 17.4 Å². The number of hydrogen-bond acceptors (Lipinski definition) is 4. The van der Waals surface area contributed by atoms with Crippen LogP contribution in [-0.2, 0) is 11.2 Å². The Hall–Kier alpha value is -3.09. The second kappa shape index (κ2) is 8.93. The number of carboxylic acids is 1. The van der Waals surface area contributed by atoms with Crippen molar-refractivity contribution in [3.05, 3.63) is 53.1 Å². The summed E-state index contributed by atoms with van der Waals surface area (Å²) in [6.07, 6.45) is 6.60. The van der Waals surface area contributed by atoms with E-state index in [2.05, 4.69) is 17.0 Å². The molecule has 1 N–H and O–H groups in total. The molecule has 2 aliphatic rings. The molecular weight excluding hydrogens is 433 g/mol. The molecule has 7 heteroatoms. The molecule has 0 spiro atoms. The van der Waals surface area contributed by atoms with Crippen LogP contribution in [0.1, 0.15) is 80.0 Å². The first-order valence-corrected chi connectivity index (χ1v) is 12.3. The first kappa shape index (κ1) is 22.7. The maximum atomic E-state index is 15.0. The fourth-order valence-electron chi connectivity index (χ4n) is 5.43. The smallest absolute Gasteiger partial charge is 0.307 e. The fraction of sp³-hybridized carbons (Fsp3) is 0.481. The minimum Gasteiger partial charge on any atom is -0.481 e. The molecule has 2 aliphatic carbocycles. The minimum absolute atomic E-state index is 0.00779. The largest absolute Gasteiger partial charge is 0.481 e. The summed E-state index contributed by atoms with van der Waals surface area (Å²) in [6.45, 7) is 4.17. The number of ketones is 1. The third-order valence-electron chi connectivity index (χ3n) is 7.62. The summed E-state index contributed by atoms with van der Waals surface area (Å²) in [5.41, 5.74) is 3.36. The lowest BCUT2D eigenvalue weighted by molar-refractivity contribution is -0.138. The predicted octanol–water partition coefficient (Wildman–Crippen LogP) is 5.69. The second-order valence-electron chi connectivity index (χ2n) is 9.90. The van der Waals surface area contributed by atoms with Gasteiger partial charge in [-0.05, 0) is 54.9 Å². The van der Waals surface area contributed by atoms with E-state index in [-0.39, 0.29) is 17.6 Å². The van der Waals surface area contributed by atoms with Crippen molar-refractivity contribution in [2.24, 2.45) is 17.8 Å². The normalized spacial score (nSPS) is 24.7. The van der Waals surface area contributed by atoms with Crippen LogP contribution in [0.4, 0.5) is 4.39 Å². The number of carbonyl (C=O) groups excluding carboxylic acids is 1. The van der Waals surface area contributed by atoms with E-state index in [0.717, 1.165) is 25.0 Å². The van der Waals surface area contributed by atoms with E-state index in [0.29, 0.717) is 46.9 Å². The van der Waals surface area contributed by atoms with E-state index < -0.39 is 17.7 Å². The molecule has 0 amide bonds. The molecule has 4 atom stereocenters. The monoisotopic (exact) mass is 463 g/mol. The molecule has 0 bridgehead atoms. The molecule has 2 saturated carbocycles. The third-order valence-corrected chi connectivity index (χ3v) is 7.62. The van der Waals surface area contributed by atoms with Gasteiger partial charge in [0.1, 0.15) is 11.5 Å². The number of Topliss-reactive ketones (excluding diaryl/α,β-unsaturated/α-hetero) is 1. The average Bonchev–Trinajstić information content (AvgIpc) is 3.56. The zero-order chi connectivity index (χ0) is 24.0. The van der Waals surface area contributed by atoms with E-state index in [4.69, 9.17) is 5.11 Å². The number of aliphatic carboxylic acids is 1. The van der Waals surface area contributed by atoms with Gasteiger partial charge in [0.05, 0.1) is 11.6 Å². The van der Waals surface area contributed by atoms with Crippen LogP contribution in [0.3, 0.4) is 0 Å². The van der Waals surface area contributed by atoms with Crippen LogP contribution in [0, 0.1) is 23.6 Å². The molecule has 1 unspecified atom stereocenters. The van der Waals surface area contributed by atoms with Crippen LogP contribution in [0.25, 0.3) is 16.9 Å². The van der Waals surface area contributed by atoms with E-state index in [1.807, 2.05) is 13.0 Å². The van der Waals surface area contributed by atoms with Crippen molar-refractivity contribution in [1.29, 1.82) is 0 Å². The number of halogens is 1. The highest BCUT2D eigenvalue weighted by atomic mass is 19.1. The van der Waals surface area contributed by atoms with E-state index in [1.165, 1.54) is 18.9 Å². The Bertz CT molecular complexity index is 1270. The van der Waals surface area contributed by atoms with Gasteiger partial charge in [-0.1, -0.05) is 45.6 Å². The first-order valence-electron chi connectivity index (χ1n) is 12.3. The van der Waals surface area contributed by atoms with Crippen LogP contribution >= 0.6 is 0 Å². The zero-order valence-corrected chi connectivity index (χ0v) is 19.6. The highest BCUT2D eigenvalue weighted by Crippen LogP contribution is 2.48. The molecule has 2 fully saturated rings. The van der Waals surface area contributed by atoms with Gasteiger partial charge in [0.15, 0.2) is 11.4 Å². The fourth-order valence-corrected chi connectivity index (χ4v) is 5.43. The lowest BCUT2D eigenvalue weighted by Gasteiger charge is -2.20. The van der Waals surface area contributed by atoms with Crippen molar-refractivity contribution in [3.8, 4) is 11.3 Å². The van der Waals surface area contributed by atoms with Crippen molar-refractivity contribution in [1.82, 2.24) is 14.6 Å². The van der Waals surface area contributed by atoms with E-state index >= 15 is 4.39 Å². The lowest BCUT2D eigenvalue weighted by Crippen LogP contribution is -2.23. The molecule has 0 radical (unpaired) electrons. The van der Waals surface area contributed by atoms with E-state index in [1.54, 1.807) is 22.7 Å². The van der Waals surface area contributed by atoms with Gasteiger partial charge in [0.2, 0.25) is 0 Å². The van der Waals surface area contributed by atoms with Crippen molar-refractivity contribution in [2.45, 2.75) is 64.7 Å². The quantitative estimate of drug-likeness (QED) is 0.375. The molecule has 6 nitrogen and oxygen atoms in total. The summed E-state index contributed by atoms with van der Waals surface area (Å²) in [6, 6.07) is 8.43. The number of fused-ring (bicyclic) bond motifs is 1. The number of hydrogen-bond donors (Lipinski definition) is 1. The van der Waals surface area contributed by atoms with Gasteiger partial charge in [-0.15, -0.1) is 0 Å². The van der Waals surface area contributed by atoms with Gasteiger partial charge >= 0.3 is 5.97 Å². The van der Waals surface area contributed by atoms with Crippen LogP contribution in [0.5, 0.6) is 0 Å². The number of carboxylic acid groups (broad SMARTS) is 1. The highest BCUT2D eigenvalue weighted by Gasteiger charge is 2.44. The molecule has 0 saturated heterocycles. The summed E-state index contributed by atoms with van der Waals surface area (Å²) in [5, 5.41) is 13.8. The van der Waals surface area contributed by atoms with Crippen molar-refractivity contribution < 1.29 is 19.1 Å². The molecule has 5 rings (SSSR count). The number of carbonyl (C=O) groups is 2. The van der Waals surface area contributed by atoms with Gasteiger partial charge in [0.25, 0.3) is 0 Å². The highest BCUT2D eigenvalue weighted by molar-refractivity contribution is 5.97. The number of aromatic nitrogens is 3. The first-order chi connectivity index (χ1) is 16.4. The van der Waals surface area contributed by atoms with Crippen molar-refractivity contribution in [2.75, 3.05) is 0 Å². The minimum atomic E-state index is -0.836.